The Bertz CT molecular complexity index is 536. The minimum absolute atomic E-state index is 0.0632. The van der Waals surface area contributed by atoms with E-state index in [9.17, 15) is 4.79 Å². The summed E-state index contributed by atoms with van der Waals surface area (Å²) in [5.74, 6) is -0.431. The second kappa shape index (κ2) is 6.29. The van der Waals surface area contributed by atoms with E-state index in [1.807, 2.05) is 0 Å². The number of para-hydroxylation sites is 1. The van der Waals surface area contributed by atoms with Crippen molar-refractivity contribution in [3.8, 4) is 11.8 Å². The second-order valence-electron chi connectivity index (χ2n) is 5.04. The van der Waals surface area contributed by atoms with Crippen LogP contribution >= 0.6 is 0 Å². The summed E-state index contributed by atoms with van der Waals surface area (Å²) in [6.45, 7) is 0. The lowest BCUT2D eigenvalue weighted by Crippen LogP contribution is -2.31. The van der Waals surface area contributed by atoms with E-state index >= 15 is 0 Å². The first-order chi connectivity index (χ1) is 9.65. The Morgan fingerprint density at radius 2 is 2.30 bits per heavy atom. The van der Waals surface area contributed by atoms with Crippen LogP contribution < -0.4 is 10.1 Å². The van der Waals surface area contributed by atoms with E-state index in [0.29, 0.717) is 23.4 Å². The van der Waals surface area contributed by atoms with Crippen molar-refractivity contribution in [1.82, 2.24) is 0 Å². The van der Waals surface area contributed by atoms with Gasteiger partial charge in [0, 0.05) is 6.04 Å². The molecule has 1 aliphatic carbocycles. The molecule has 0 spiro atoms. The topological polar surface area (TPSA) is 82.3 Å². The Labute approximate surface area is 118 Å². The molecule has 0 aliphatic heterocycles. The fraction of sp³-hybridized carbons (Fsp3) is 0.467. The van der Waals surface area contributed by atoms with Gasteiger partial charge in [0.1, 0.15) is 11.8 Å². The molecule has 2 unspecified atom stereocenters. The molecule has 0 heterocycles. The van der Waals surface area contributed by atoms with Crippen LogP contribution in [-0.4, -0.2) is 24.2 Å². The van der Waals surface area contributed by atoms with E-state index in [1.165, 1.54) is 0 Å². The van der Waals surface area contributed by atoms with Gasteiger partial charge in [0.15, 0.2) is 0 Å². The van der Waals surface area contributed by atoms with Gasteiger partial charge in [0.25, 0.3) is 0 Å². The number of benzene rings is 1. The van der Waals surface area contributed by atoms with Crippen molar-refractivity contribution in [3.63, 3.8) is 0 Å². The molecule has 0 saturated heterocycles. The molecule has 0 amide bonds. The summed E-state index contributed by atoms with van der Waals surface area (Å²) in [6, 6.07) is 7.48. The molecule has 1 aromatic rings. The van der Waals surface area contributed by atoms with E-state index in [4.69, 9.17) is 15.1 Å². The lowest BCUT2D eigenvalue weighted by atomic mass is 9.85. The van der Waals surface area contributed by atoms with Gasteiger partial charge >= 0.3 is 5.97 Å². The van der Waals surface area contributed by atoms with Crippen LogP contribution in [0, 0.1) is 17.2 Å². The minimum atomic E-state index is -0.739. The number of nitrogens with zero attached hydrogens (tertiary/aromatic N) is 1. The summed E-state index contributed by atoms with van der Waals surface area (Å²) in [4.78, 5) is 11.1. The first-order valence-corrected chi connectivity index (χ1v) is 6.72. The number of hydrogen-bond donors (Lipinski definition) is 2. The van der Waals surface area contributed by atoms with Gasteiger partial charge in [0.2, 0.25) is 0 Å². The second-order valence-corrected chi connectivity index (χ2v) is 5.04. The predicted octanol–water partition coefficient (Wildman–Crippen LogP) is 2.62. The summed E-state index contributed by atoms with van der Waals surface area (Å²) in [5.41, 5.74) is 1.18. The van der Waals surface area contributed by atoms with Gasteiger partial charge in [-0.15, -0.1) is 0 Å². The molecule has 1 saturated carbocycles. The van der Waals surface area contributed by atoms with Gasteiger partial charge in [-0.25, -0.2) is 0 Å². The molecular formula is C15H18N2O3. The normalized spacial score (nSPS) is 21.8. The highest BCUT2D eigenvalue weighted by atomic mass is 16.5. The highest BCUT2D eigenvalue weighted by Gasteiger charge is 2.27. The number of nitriles is 1. The molecule has 106 valence electrons. The van der Waals surface area contributed by atoms with Crippen LogP contribution in [-0.2, 0) is 4.79 Å². The number of carbonyl (C=O) groups is 1. The highest BCUT2D eigenvalue weighted by molar-refractivity contribution is 5.71. The maximum atomic E-state index is 11.1. The summed E-state index contributed by atoms with van der Waals surface area (Å²) in [6.07, 6.45) is 3.10. The molecule has 1 aromatic carbocycles. The Hall–Kier alpha value is -2.22. The number of anilines is 1. The van der Waals surface area contributed by atoms with Crippen LogP contribution in [0.2, 0.25) is 0 Å². The lowest BCUT2D eigenvalue weighted by molar-refractivity contribution is -0.142. The zero-order valence-electron chi connectivity index (χ0n) is 11.4. The van der Waals surface area contributed by atoms with Gasteiger partial charge in [-0.2, -0.15) is 5.26 Å². The molecule has 5 heteroatoms. The van der Waals surface area contributed by atoms with Crippen molar-refractivity contribution < 1.29 is 14.6 Å². The third-order valence-electron chi connectivity index (χ3n) is 3.74. The zero-order valence-corrected chi connectivity index (χ0v) is 11.4. The number of carboxylic acid groups (broad SMARTS) is 1. The van der Waals surface area contributed by atoms with E-state index in [0.717, 1.165) is 19.3 Å². The van der Waals surface area contributed by atoms with Crippen molar-refractivity contribution in [2.75, 3.05) is 12.4 Å². The molecule has 2 N–H and O–H groups in total. The molecule has 2 rings (SSSR count). The molecule has 1 aliphatic rings. The average Bonchev–Trinajstić information content (AvgIpc) is 2.47. The maximum Gasteiger partial charge on any atom is 0.306 e. The first-order valence-electron chi connectivity index (χ1n) is 6.72. The van der Waals surface area contributed by atoms with Gasteiger partial charge < -0.3 is 15.2 Å². The van der Waals surface area contributed by atoms with E-state index < -0.39 is 5.97 Å². The molecule has 0 bridgehead atoms. The average molecular weight is 274 g/mol. The zero-order chi connectivity index (χ0) is 14.5. The number of aliphatic carboxylic acids is 1. The van der Waals surface area contributed by atoms with Crippen molar-refractivity contribution in [2.45, 2.75) is 31.7 Å². The Morgan fingerprint density at radius 3 is 2.95 bits per heavy atom. The van der Waals surface area contributed by atoms with E-state index in [2.05, 4.69) is 11.4 Å². The summed E-state index contributed by atoms with van der Waals surface area (Å²) >= 11 is 0. The first kappa shape index (κ1) is 14.2. The van der Waals surface area contributed by atoms with Crippen molar-refractivity contribution in [3.05, 3.63) is 23.8 Å². The summed E-state index contributed by atoms with van der Waals surface area (Å²) in [5, 5.41) is 21.6. The van der Waals surface area contributed by atoms with Crippen molar-refractivity contribution in [1.29, 1.82) is 5.26 Å². The Kier molecular flexibility index (Phi) is 4.46. The smallest absolute Gasteiger partial charge is 0.306 e. The number of carboxylic acids is 1. The maximum absolute atomic E-state index is 11.1. The van der Waals surface area contributed by atoms with E-state index in [1.54, 1.807) is 25.3 Å². The largest absolute Gasteiger partial charge is 0.495 e. The van der Waals surface area contributed by atoms with Gasteiger partial charge in [0.05, 0.1) is 24.3 Å². The number of ether oxygens (including phenoxy) is 1. The fourth-order valence-electron chi connectivity index (χ4n) is 2.69. The van der Waals surface area contributed by atoms with Gasteiger partial charge in [-0.05, 0) is 31.4 Å². The third kappa shape index (κ3) is 3.02. The molecular weight excluding hydrogens is 256 g/mol. The Balaban J connectivity index is 2.17. The summed E-state index contributed by atoms with van der Waals surface area (Å²) < 4.78 is 5.27. The van der Waals surface area contributed by atoms with Crippen LogP contribution in [0.1, 0.15) is 31.2 Å². The predicted molar refractivity (Wildman–Crippen MR) is 74.7 cm³/mol. The monoisotopic (exact) mass is 274 g/mol. The quantitative estimate of drug-likeness (QED) is 0.882. The van der Waals surface area contributed by atoms with Crippen LogP contribution in [0.5, 0.6) is 5.75 Å². The molecule has 0 aromatic heterocycles. The highest BCUT2D eigenvalue weighted by Crippen LogP contribution is 2.32. The lowest BCUT2D eigenvalue weighted by Gasteiger charge is -2.29. The minimum Gasteiger partial charge on any atom is -0.495 e. The summed E-state index contributed by atoms with van der Waals surface area (Å²) in [7, 11) is 1.56. The fourth-order valence-corrected chi connectivity index (χ4v) is 2.69. The number of rotatable bonds is 4. The molecule has 5 nitrogen and oxygen atoms in total. The van der Waals surface area contributed by atoms with Crippen molar-refractivity contribution >= 4 is 11.7 Å². The number of hydrogen-bond acceptors (Lipinski definition) is 4. The molecule has 1 fully saturated rings. The van der Waals surface area contributed by atoms with E-state index in [-0.39, 0.29) is 12.0 Å². The molecule has 20 heavy (non-hydrogen) atoms. The van der Waals surface area contributed by atoms with Crippen LogP contribution in [0.3, 0.4) is 0 Å². The SMILES string of the molecule is COc1cccc(C#N)c1NC1CCCC(C(=O)O)C1. The van der Waals surface area contributed by atoms with Gasteiger partial charge in [-0.3, -0.25) is 4.79 Å². The van der Waals surface area contributed by atoms with Crippen molar-refractivity contribution in [2.24, 2.45) is 5.92 Å². The number of methoxy groups -OCH3 is 1. The number of nitrogens with one attached hydrogen (secondary N) is 1. The third-order valence-corrected chi connectivity index (χ3v) is 3.74. The van der Waals surface area contributed by atoms with Crippen LogP contribution in [0.25, 0.3) is 0 Å². The molecule has 2 atom stereocenters. The standard InChI is InChI=1S/C15H18N2O3/c1-20-13-7-3-5-11(9-16)14(13)17-12-6-2-4-10(8-12)15(18)19/h3,5,7,10,12,17H,2,4,6,8H2,1H3,(H,18,19). The molecule has 0 radical (unpaired) electrons. The van der Waals surface area contributed by atoms with Gasteiger partial charge in [-0.1, -0.05) is 12.5 Å². The Morgan fingerprint density at radius 1 is 1.50 bits per heavy atom. The van der Waals surface area contributed by atoms with Crippen LogP contribution in [0.15, 0.2) is 18.2 Å². The van der Waals surface area contributed by atoms with Crippen LogP contribution in [0.4, 0.5) is 5.69 Å².